The van der Waals surface area contributed by atoms with Crippen LogP contribution < -0.4 is 9.80 Å². The van der Waals surface area contributed by atoms with Gasteiger partial charge in [-0.1, -0.05) is 103 Å². The molecule has 10 heteroatoms. The zero-order chi connectivity index (χ0) is 40.5. The van der Waals surface area contributed by atoms with E-state index in [1.165, 1.54) is 9.80 Å². The Labute approximate surface area is 334 Å². The molecule has 0 saturated carbocycles. The molecule has 0 atom stereocenters. The second kappa shape index (κ2) is 15.4. The highest BCUT2D eigenvalue weighted by atomic mass is 16.3. The van der Waals surface area contributed by atoms with Crippen LogP contribution in [0.1, 0.15) is 31.2 Å². The number of benzene rings is 6. The number of anilines is 5. The van der Waals surface area contributed by atoms with E-state index in [9.17, 15) is 40.9 Å². The molecule has 0 aliphatic heterocycles. The minimum absolute atomic E-state index is 0.397. The number of nitrogens with zero attached hydrogens (tertiary/aromatic N) is 2. The summed E-state index contributed by atoms with van der Waals surface area (Å²) in [6, 6.07) is 32.8. The fourth-order valence-electron chi connectivity index (χ4n) is 7.49. The predicted molar refractivity (Wildman–Crippen MR) is 227 cm³/mol. The third-order valence-corrected chi connectivity index (χ3v) is 10.4. The summed E-state index contributed by atoms with van der Waals surface area (Å²) < 4.78 is 0. The summed E-state index contributed by atoms with van der Waals surface area (Å²) in [7, 11) is 0. The first-order chi connectivity index (χ1) is 28.2. The van der Waals surface area contributed by atoms with Crippen LogP contribution in [-0.2, 0) is 0 Å². The second-order valence-electron chi connectivity index (χ2n) is 14.0. The SMILES string of the molecule is Oc1c(O)c(N(C2=CCCC=C2)c2ccc(-c3ccccc3)cc2)c(O)c(O)c1-c1c(O)c(O)c(N(c2ccccc2)c2ccc(C3=CCCC=C3)cc2)c(O)c1O. The van der Waals surface area contributed by atoms with E-state index in [2.05, 4.69) is 12.2 Å². The summed E-state index contributed by atoms with van der Waals surface area (Å²) >= 11 is 0. The Morgan fingerprint density at radius 3 is 1.24 bits per heavy atom. The van der Waals surface area contributed by atoms with E-state index in [1.54, 1.807) is 60.7 Å². The maximum atomic E-state index is 11.7. The van der Waals surface area contributed by atoms with E-state index in [-0.39, 0.29) is 0 Å². The van der Waals surface area contributed by atoms with Crippen LogP contribution >= 0.6 is 0 Å². The fourth-order valence-corrected chi connectivity index (χ4v) is 7.49. The van der Waals surface area contributed by atoms with Gasteiger partial charge in [0.25, 0.3) is 0 Å². The lowest BCUT2D eigenvalue weighted by atomic mass is 9.95. The molecule has 2 aliphatic rings. The molecule has 0 spiro atoms. The van der Waals surface area contributed by atoms with Gasteiger partial charge < -0.3 is 50.7 Å². The lowest BCUT2D eigenvalue weighted by molar-refractivity contribution is 0.368. The predicted octanol–water partition coefficient (Wildman–Crippen LogP) is 11.2. The molecule has 0 radical (unpaired) electrons. The van der Waals surface area contributed by atoms with Gasteiger partial charge in [0.05, 0.1) is 11.1 Å². The van der Waals surface area contributed by atoms with Crippen molar-refractivity contribution in [2.24, 2.45) is 0 Å². The number of phenols is 8. The third kappa shape index (κ3) is 6.56. The summed E-state index contributed by atoms with van der Waals surface area (Å²) in [6.07, 6.45) is 15.1. The van der Waals surface area contributed by atoms with Gasteiger partial charge in [-0.15, -0.1) is 0 Å². The van der Waals surface area contributed by atoms with Crippen LogP contribution in [0.5, 0.6) is 46.0 Å². The van der Waals surface area contributed by atoms with Crippen molar-refractivity contribution >= 4 is 34.0 Å². The van der Waals surface area contributed by atoms with Gasteiger partial charge in [0, 0.05) is 22.8 Å². The van der Waals surface area contributed by atoms with E-state index >= 15 is 0 Å². The molecule has 0 fully saturated rings. The molecule has 8 N–H and O–H groups in total. The Bertz CT molecular complexity index is 2570. The van der Waals surface area contributed by atoms with Crippen LogP contribution in [0.25, 0.3) is 27.8 Å². The molecule has 58 heavy (non-hydrogen) atoms. The Kier molecular flexibility index (Phi) is 9.90. The quantitative estimate of drug-likeness (QED) is 0.0523. The van der Waals surface area contributed by atoms with E-state index in [4.69, 9.17) is 0 Å². The normalized spacial score (nSPS) is 13.5. The Balaban J connectivity index is 1.26. The first kappa shape index (κ1) is 37.2. The number of phenolic OH excluding ortho intramolecular Hbond substituents is 8. The van der Waals surface area contributed by atoms with Crippen LogP contribution in [-0.4, -0.2) is 40.9 Å². The largest absolute Gasteiger partial charge is 0.504 e. The van der Waals surface area contributed by atoms with E-state index in [0.29, 0.717) is 29.2 Å². The zero-order valence-electron chi connectivity index (χ0n) is 31.2. The number of para-hydroxylation sites is 1. The number of hydrogen-bond donors (Lipinski definition) is 8. The zero-order valence-corrected chi connectivity index (χ0v) is 31.2. The van der Waals surface area contributed by atoms with Gasteiger partial charge in [0.1, 0.15) is 11.4 Å². The van der Waals surface area contributed by atoms with Gasteiger partial charge in [-0.3, -0.25) is 0 Å². The van der Waals surface area contributed by atoms with Crippen LogP contribution in [0, 0.1) is 0 Å². The van der Waals surface area contributed by atoms with Crippen LogP contribution in [0.3, 0.4) is 0 Å². The minimum Gasteiger partial charge on any atom is -0.504 e. The van der Waals surface area contributed by atoms with Crippen molar-refractivity contribution in [1.29, 1.82) is 0 Å². The molecular weight excluding hydrogens is 733 g/mol. The van der Waals surface area contributed by atoms with Crippen molar-refractivity contribution < 1.29 is 40.9 Å². The van der Waals surface area contributed by atoms with Gasteiger partial charge >= 0.3 is 0 Å². The first-order valence-electron chi connectivity index (χ1n) is 18.8. The van der Waals surface area contributed by atoms with E-state index in [1.807, 2.05) is 72.8 Å². The molecule has 6 aromatic rings. The van der Waals surface area contributed by atoms with E-state index < -0.39 is 68.5 Å². The molecule has 0 bridgehead atoms. The fraction of sp³-hybridized carbons (Fsp3) is 0.0833. The number of allylic oxidation sites excluding steroid dienone is 7. The average molecular weight is 773 g/mol. The number of hydrogen-bond acceptors (Lipinski definition) is 10. The van der Waals surface area contributed by atoms with Gasteiger partial charge in [-0.25, -0.2) is 0 Å². The van der Waals surface area contributed by atoms with Gasteiger partial charge in [-0.2, -0.15) is 0 Å². The topological polar surface area (TPSA) is 168 Å². The van der Waals surface area contributed by atoms with Crippen LogP contribution in [0.4, 0.5) is 28.4 Å². The molecule has 0 aromatic heterocycles. The molecule has 2 aliphatic carbocycles. The second-order valence-corrected chi connectivity index (χ2v) is 14.0. The molecule has 6 aromatic carbocycles. The molecule has 10 nitrogen and oxygen atoms in total. The molecule has 0 saturated heterocycles. The molecule has 8 rings (SSSR count). The third-order valence-electron chi connectivity index (χ3n) is 10.4. The lowest BCUT2D eigenvalue weighted by Gasteiger charge is -2.30. The minimum atomic E-state index is -1.07. The molecule has 0 heterocycles. The van der Waals surface area contributed by atoms with Gasteiger partial charge in [-0.05, 0) is 90.4 Å². The molecular formula is C48H40N2O8. The molecule has 290 valence electrons. The van der Waals surface area contributed by atoms with Gasteiger partial charge in [0.15, 0.2) is 46.0 Å². The average Bonchev–Trinajstić information content (AvgIpc) is 3.28. The Hall–Kier alpha value is -7.72. The summed E-state index contributed by atoms with van der Waals surface area (Å²) in [4.78, 5) is 2.88. The summed E-state index contributed by atoms with van der Waals surface area (Å²) in [5, 5.41) is 93.3. The van der Waals surface area contributed by atoms with Gasteiger partial charge in [0.2, 0.25) is 0 Å². The highest BCUT2D eigenvalue weighted by molar-refractivity contribution is 6.01. The van der Waals surface area contributed by atoms with Crippen molar-refractivity contribution in [3.05, 3.63) is 157 Å². The lowest BCUT2D eigenvalue weighted by Crippen LogP contribution is -2.17. The maximum Gasteiger partial charge on any atom is 0.186 e. The summed E-state index contributed by atoms with van der Waals surface area (Å²) in [6.45, 7) is 0. The monoisotopic (exact) mass is 772 g/mol. The highest BCUT2D eigenvalue weighted by Gasteiger charge is 2.36. The van der Waals surface area contributed by atoms with Crippen molar-refractivity contribution in [1.82, 2.24) is 0 Å². The standard InChI is InChI=1S/C48H40N2O8/c51-41-37(42(52)46(56)39(45(41)55)49(33-17-9-3-10-18-33)35-25-21-31(22-26-35)29-13-5-1-6-14-29)38-43(53)47(57)40(48(58)44(38)54)50(34-19-11-4-12-20-34)36-27-23-32(24-28-36)30-15-7-2-8-16-30/h1,4-7,9,11-28,51-58H,2-3,8,10H2. The van der Waals surface area contributed by atoms with Crippen LogP contribution in [0.15, 0.2) is 151 Å². The van der Waals surface area contributed by atoms with E-state index in [0.717, 1.165) is 41.5 Å². The maximum absolute atomic E-state index is 11.7. The summed E-state index contributed by atoms with van der Waals surface area (Å²) in [5.41, 5.74) is 3.21. The first-order valence-corrected chi connectivity index (χ1v) is 18.8. The highest BCUT2D eigenvalue weighted by Crippen LogP contribution is 2.64. The van der Waals surface area contributed by atoms with Crippen LogP contribution in [0.2, 0.25) is 0 Å². The number of aromatic hydroxyl groups is 8. The smallest absolute Gasteiger partial charge is 0.186 e. The Morgan fingerprint density at radius 1 is 0.345 bits per heavy atom. The molecule has 0 unspecified atom stereocenters. The van der Waals surface area contributed by atoms with Crippen molar-refractivity contribution in [2.45, 2.75) is 25.7 Å². The van der Waals surface area contributed by atoms with Crippen molar-refractivity contribution in [2.75, 3.05) is 9.80 Å². The van der Waals surface area contributed by atoms with Crippen molar-refractivity contribution in [3.63, 3.8) is 0 Å². The Morgan fingerprint density at radius 2 is 0.759 bits per heavy atom. The van der Waals surface area contributed by atoms with Crippen molar-refractivity contribution in [3.8, 4) is 68.2 Å². The summed E-state index contributed by atoms with van der Waals surface area (Å²) in [5.74, 6) is -7.97. The number of rotatable bonds is 9. The molecule has 0 amide bonds.